The number of aryl methyl sites for hydroxylation is 1. The van der Waals surface area contributed by atoms with Crippen LogP contribution >= 0.6 is 0 Å². The van der Waals surface area contributed by atoms with E-state index in [4.69, 9.17) is 4.84 Å². The van der Waals surface area contributed by atoms with E-state index in [-0.39, 0.29) is 0 Å². The molecule has 0 aromatic heterocycles. The first kappa shape index (κ1) is 9.07. The molecule has 0 spiro atoms. The third-order valence-electron chi connectivity index (χ3n) is 1.55. The van der Waals surface area contributed by atoms with Gasteiger partial charge in [-0.3, -0.25) is 10.3 Å². The van der Waals surface area contributed by atoms with E-state index >= 15 is 0 Å². The molecule has 0 aliphatic heterocycles. The number of nitrogens with one attached hydrogen (secondary N) is 1. The molecule has 0 saturated carbocycles. The average Bonchev–Trinajstić information content (AvgIpc) is 2.09. The first-order chi connectivity index (χ1) is 5.83. The molecule has 0 atom stereocenters. The standard InChI is InChI=1S/C10H15NO/c1-3-8-12-11-10-6-4-9(2)5-7-10/h4-7,11H,3,8H2,1-2H3. The molecule has 0 bridgehead atoms. The quantitative estimate of drug-likeness (QED) is 0.547. The van der Waals surface area contributed by atoms with Crippen LogP contribution in [0.25, 0.3) is 0 Å². The predicted molar refractivity (Wildman–Crippen MR) is 51.0 cm³/mol. The fourth-order valence-electron chi connectivity index (χ4n) is 0.858. The lowest BCUT2D eigenvalue weighted by Gasteiger charge is -2.05. The molecular formula is C10H15NO. The molecule has 66 valence electrons. The van der Waals surface area contributed by atoms with Crippen molar-refractivity contribution in [1.82, 2.24) is 0 Å². The fraction of sp³-hybridized carbons (Fsp3) is 0.400. The van der Waals surface area contributed by atoms with E-state index in [0.29, 0.717) is 0 Å². The summed E-state index contributed by atoms with van der Waals surface area (Å²) in [5.41, 5.74) is 5.14. The molecule has 1 aromatic carbocycles. The molecule has 1 rings (SSSR count). The van der Waals surface area contributed by atoms with Gasteiger partial charge < -0.3 is 0 Å². The van der Waals surface area contributed by atoms with Gasteiger partial charge in [0.15, 0.2) is 0 Å². The van der Waals surface area contributed by atoms with Crippen LogP contribution < -0.4 is 5.48 Å². The molecule has 0 amide bonds. The average molecular weight is 165 g/mol. The Balaban J connectivity index is 2.37. The van der Waals surface area contributed by atoms with Crippen LogP contribution in [-0.4, -0.2) is 6.61 Å². The molecule has 0 aliphatic rings. The van der Waals surface area contributed by atoms with E-state index in [1.807, 2.05) is 12.1 Å². The Morgan fingerprint density at radius 2 is 1.92 bits per heavy atom. The van der Waals surface area contributed by atoms with Gasteiger partial charge in [0.05, 0.1) is 12.3 Å². The highest BCUT2D eigenvalue weighted by Gasteiger charge is 1.89. The summed E-state index contributed by atoms with van der Waals surface area (Å²) in [6, 6.07) is 8.12. The van der Waals surface area contributed by atoms with Crippen LogP contribution in [-0.2, 0) is 4.84 Å². The van der Waals surface area contributed by atoms with Crippen molar-refractivity contribution in [2.45, 2.75) is 20.3 Å². The van der Waals surface area contributed by atoms with Gasteiger partial charge in [-0.1, -0.05) is 24.6 Å². The van der Waals surface area contributed by atoms with Crippen molar-refractivity contribution in [2.75, 3.05) is 12.1 Å². The van der Waals surface area contributed by atoms with Crippen LogP contribution in [0, 0.1) is 6.92 Å². The van der Waals surface area contributed by atoms with Crippen LogP contribution in [0.1, 0.15) is 18.9 Å². The van der Waals surface area contributed by atoms with Gasteiger partial charge in [-0.2, -0.15) is 0 Å². The maximum absolute atomic E-state index is 5.16. The van der Waals surface area contributed by atoms with Crippen molar-refractivity contribution >= 4 is 5.69 Å². The number of rotatable bonds is 4. The zero-order valence-corrected chi connectivity index (χ0v) is 7.63. The zero-order valence-electron chi connectivity index (χ0n) is 7.63. The molecule has 0 saturated heterocycles. The summed E-state index contributed by atoms with van der Waals surface area (Å²) in [4.78, 5) is 5.16. The fourth-order valence-corrected chi connectivity index (χ4v) is 0.858. The van der Waals surface area contributed by atoms with Gasteiger partial charge in [-0.05, 0) is 25.5 Å². The Bertz CT molecular complexity index is 218. The topological polar surface area (TPSA) is 21.3 Å². The third kappa shape index (κ3) is 2.93. The molecule has 0 heterocycles. The first-order valence-electron chi connectivity index (χ1n) is 4.27. The molecule has 2 heteroatoms. The van der Waals surface area contributed by atoms with Crippen molar-refractivity contribution in [3.05, 3.63) is 29.8 Å². The molecule has 0 radical (unpaired) electrons. The van der Waals surface area contributed by atoms with E-state index in [2.05, 4.69) is 31.5 Å². The van der Waals surface area contributed by atoms with E-state index in [1.165, 1.54) is 5.56 Å². The lowest BCUT2D eigenvalue weighted by Crippen LogP contribution is -2.01. The highest BCUT2D eigenvalue weighted by molar-refractivity contribution is 5.42. The normalized spacial score (nSPS) is 9.83. The van der Waals surface area contributed by atoms with Gasteiger partial charge in [0.25, 0.3) is 0 Å². The van der Waals surface area contributed by atoms with Gasteiger partial charge in [-0.15, -0.1) is 0 Å². The Kier molecular flexibility index (Phi) is 3.61. The summed E-state index contributed by atoms with van der Waals surface area (Å²) >= 11 is 0. The highest BCUT2D eigenvalue weighted by Crippen LogP contribution is 2.07. The van der Waals surface area contributed by atoms with Crippen LogP contribution in [0.2, 0.25) is 0 Å². The van der Waals surface area contributed by atoms with E-state index < -0.39 is 0 Å². The Labute approximate surface area is 73.5 Å². The molecule has 1 aromatic rings. The maximum atomic E-state index is 5.16. The lowest BCUT2D eigenvalue weighted by atomic mass is 10.2. The summed E-state index contributed by atoms with van der Waals surface area (Å²) in [7, 11) is 0. The van der Waals surface area contributed by atoms with Gasteiger partial charge >= 0.3 is 0 Å². The van der Waals surface area contributed by atoms with E-state index in [1.54, 1.807) is 0 Å². The largest absolute Gasteiger partial charge is 0.276 e. The summed E-state index contributed by atoms with van der Waals surface area (Å²) in [5.74, 6) is 0. The second-order valence-corrected chi connectivity index (χ2v) is 2.82. The van der Waals surface area contributed by atoms with Gasteiger partial charge in [0.1, 0.15) is 0 Å². The smallest absolute Gasteiger partial charge is 0.0743 e. The first-order valence-corrected chi connectivity index (χ1v) is 4.27. The van der Waals surface area contributed by atoms with Crippen LogP contribution in [0.15, 0.2) is 24.3 Å². The Morgan fingerprint density at radius 3 is 2.50 bits per heavy atom. The second kappa shape index (κ2) is 4.78. The predicted octanol–water partition coefficient (Wildman–Crippen LogP) is 2.75. The maximum Gasteiger partial charge on any atom is 0.0743 e. The number of anilines is 1. The SMILES string of the molecule is CCCONc1ccc(C)cc1. The van der Waals surface area contributed by atoms with Gasteiger partial charge in [0.2, 0.25) is 0 Å². The van der Waals surface area contributed by atoms with Crippen molar-refractivity contribution < 1.29 is 4.84 Å². The lowest BCUT2D eigenvalue weighted by molar-refractivity contribution is 0.194. The molecule has 0 unspecified atom stereocenters. The summed E-state index contributed by atoms with van der Waals surface area (Å²) in [5, 5.41) is 0. The van der Waals surface area contributed by atoms with Gasteiger partial charge in [-0.25, -0.2) is 0 Å². The summed E-state index contributed by atoms with van der Waals surface area (Å²) < 4.78 is 0. The minimum atomic E-state index is 0.744. The molecular weight excluding hydrogens is 150 g/mol. The second-order valence-electron chi connectivity index (χ2n) is 2.82. The number of benzene rings is 1. The summed E-state index contributed by atoms with van der Waals surface area (Å²) in [6.07, 6.45) is 1.03. The zero-order chi connectivity index (χ0) is 8.81. The van der Waals surface area contributed by atoms with Crippen molar-refractivity contribution in [3.8, 4) is 0 Å². The Morgan fingerprint density at radius 1 is 1.25 bits per heavy atom. The molecule has 2 nitrogen and oxygen atoms in total. The third-order valence-corrected chi connectivity index (χ3v) is 1.55. The number of hydrogen-bond acceptors (Lipinski definition) is 2. The highest BCUT2D eigenvalue weighted by atomic mass is 16.6. The van der Waals surface area contributed by atoms with Crippen LogP contribution in [0.3, 0.4) is 0 Å². The Hall–Kier alpha value is -1.02. The van der Waals surface area contributed by atoms with Crippen molar-refractivity contribution in [2.24, 2.45) is 0 Å². The molecule has 12 heavy (non-hydrogen) atoms. The van der Waals surface area contributed by atoms with Crippen molar-refractivity contribution in [1.29, 1.82) is 0 Å². The molecule has 1 N–H and O–H groups in total. The molecule has 0 fully saturated rings. The van der Waals surface area contributed by atoms with Crippen LogP contribution in [0.5, 0.6) is 0 Å². The van der Waals surface area contributed by atoms with Gasteiger partial charge in [0, 0.05) is 0 Å². The van der Waals surface area contributed by atoms with Crippen molar-refractivity contribution in [3.63, 3.8) is 0 Å². The summed E-state index contributed by atoms with van der Waals surface area (Å²) in [6.45, 7) is 4.89. The monoisotopic (exact) mass is 165 g/mol. The van der Waals surface area contributed by atoms with E-state index in [0.717, 1.165) is 18.7 Å². The molecule has 0 aliphatic carbocycles. The number of hydrogen-bond donors (Lipinski definition) is 1. The van der Waals surface area contributed by atoms with E-state index in [9.17, 15) is 0 Å². The van der Waals surface area contributed by atoms with Crippen LogP contribution in [0.4, 0.5) is 5.69 Å². The minimum Gasteiger partial charge on any atom is -0.276 e. The minimum absolute atomic E-state index is 0.744.